The molecule has 0 saturated carbocycles. The first-order chi connectivity index (χ1) is 9.31. The molecule has 0 aliphatic carbocycles. The normalized spacial score (nSPS) is 16.5. The molecule has 19 heavy (non-hydrogen) atoms. The lowest BCUT2D eigenvalue weighted by atomic mass is 10.3. The smallest absolute Gasteiger partial charge is 0.186 e. The minimum Gasteiger partial charge on any atom is -0.379 e. The number of halogens is 1. The predicted molar refractivity (Wildman–Crippen MR) is 71.7 cm³/mol. The average Bonchev–Trinajstić information content (AvgIpc) is 2.46. The molecule has 0 unspecified atom stereocenters. The highest BCUT2D eigenvalue weighted by Gasteiger charge is 2.11. The molecule has 0 bridgehead atoms. The summed E-state index contributed by atoms with van der Waals surface area (Å²) in [7, 11) is 0. The van der Waals surface area contributed by atoms with Gasteiger partial charge in [0.2, 0.25) is 0 Å². The van der Waals surface area contributed by atoms with E-state index in [0.29, 0.717) is 24.5 Å². The Morgan fingerprint density at radius 2 is 2.16 bits per heavy atom. The minimum absolute atomic E-state index is 0.314. The second kappa shape index (κ2) is 7.35. The molecule has 1 fully saturated rings. The lowest BCUT2D eigenvalue weighted by Crippen LogP contribution is -2.37. The maximum absolute atomic E-state index is 13.8. The average molecular weight is 268 g/mol. The van der Waals surface area contributed by atoms with Crippen LogP contribution in [0.4, 0.5) is 10.2 Å². The fraction of sp³-hybridized carbons (Fsp3) is 0.692. The van der Waals surface area contributed by atoms with Gasteiger partial charge in [-0.25, -0.2) is 14.4 Å². The van der Waals surface area contributed by atoms with Gasteiger partial charge in [0.25, 0.3) is 0 Å². The Hall–Kier alpha value is -1.27. The first-order valence-corrected chi connectivity index (χ1v) is 6.84. The van der Waals surface area contributed by atoms with Crippen LogP contribution in [-0.4, -0.2) is 54.3 Å². The lowest BCUT2D eigenvalue weighted by Gasteiger charge is -2.26. The summed E-state index contributed by atoms with van der Waals surface area (Å²) in [6.07, 6.45) is 2.95. The maximum atomic E-state index is 13.8. The van der Waals surface area contributed by atoms with Crippen LogP contribution in [-0.2, 0) is 11.2 Å². The van der Waals surface area contributed by atoms with E-state index in [0.717, 1.165) is 39.3 Å². The van der Waals surface area contributed by atoms with Crippen LogP contribution < -0.4 is 5.32 Å². The van der Waals surface area contributed by atoms with Crippen LogP contribution >= 0.6 is 0 Å². The minimum atomic E-state index is -0.323. The van der Waals surface area contributed by atoms with E-state index in [4.69, 9.17) is 4.74 Å². The molecular weight excluding hydrogens is 247 g/mol. The predicted octanol–water partition coefficient (Wildman–Crippen LogP) is 1.31. The van der Waals surface area contributed by atoms with Crippen molar-refractivity contribution >= 4 is 5.82 Å². The molecule has 0 spiro atoms. The summed E-state index contributed by atoms with van der Waals surface area (Å²) in [6.45, 7) is 7.21. The zero-order valence-corrected chi connectivity index (χ0v) is 11.4. The lowest BCUT2D eigenvalue weighted by molar-refractivity contribution is 0.0378. The van der Waals surface area contributed by atoms with Crippen LogP contribution in [0, 0.1) is 5.82 Å². The zero-order chi connectivity index (χ0) is 13.5. The van der Waals surface area contributed by atoms with Crippen molar-refractivity contribution in [1.29, 1.82) is 0 Å². The van der Waals surface area contributed by atoms with Crippen molar-refractivity contribution in [3.8, 4) is 0 Å². The van der Waals surface area contributed by atoms with Gasteiger partial charge < -0.3 is 10.1 Å². The number of nitrogens with one attached hydrogen (secondary N) is 1. The van der Waals surface area contributed by atoms with E-state index in [1.54, 1.807) is 0 Å². The Labute approximate surface area is 113 Å². The second-order valence-corrected chi connectivity index (χ2v) is 4.57. The fourth-order valence-electron chi connectivity index (χ4n) is 2.11. The van der Waals surface area contributed by atoms with Gasteiger partial charge in [-0.2, -0.15) is 0 Å². The number of nitrogens with zero attached hydrogens (tertiary/aromatic N) is 3. The number of hydrogen-bond donors (Lipinski definition) is 1. The van der Waals surface area contributed by atoms with Crippen molar-refractivity contribution in [3.63, 3.8) is 0 Å². The summed E-state index contributed by atoms with van der Waals surface area (Å²) in [5.74, 6) is -0.00907. The number of ether oxygens (including phenoxy) is 1. The third-order valence-electron chi connectivity index (χ3n) is 3.24. The summed E-state index contributed by atoms with van der Waals surface area (Å²) in [6, 6.07) is 0. The molecule has 0 amide bonds. The topological polar surface area (TPSA) is 50.3 Å². The van der Waals surface area contributed by atoms with Crippen LogP contribution in [0.3, 0.4) is 0 Å². The monoisotopic (exact) mass is 268 g/mol. The van der Waals surface area contributed by atoms with Crippen molar-refractivity contribution in [2.75, 3.05) is 44.7 Å². The van der Waals surface area contributed by atoms with Crippen molar-refractivity contribution in [1.82, 2.24) is 14.9 Å². The van der Waals surface area contributed by atoms with Gasteiger partial charge in [0.1, 0.15) is 6.33 Å². The standard InChI is InChI=1S/C13H21FN4O/c1-2-11-12(14)13(17-10-16-11)15-4-3-5-18-6-8-19-9-7-18/h10H,2-9H2,1H3,(H,15,16,17). The highest BCUT2D eigenvalue weighted by Crippen LogP contribution is 2.13. The van der Waals surface area contributed by atoms with Gasteiger partial charge in [-0.3, -0.25) is 4.90 Å². The number of rotatable bonds is 6. The number of morpholine rings is 1. The van der Waals surface area contributed by atoms with Crippen molar-refractivity contribution in [2.24, 2.45) is 0 Å². The fourth-order valence-corrected chi connectivity index (χ4v) is 2.11. The SMILES string of the molecule is CCc1ncnc(NCCCN2CCOCC2)c1F. The van der Waals surface area contributed by atoms with E-state index in [1.807, 2.05) is 6.92 Å². The summed E-state index contributed by atoms with van der Waals surface area (Å²) in [5, 5.41) is 3.04. The van der Waals surface area contributed by atoms with E-state index < -0.39 is 0 Å². The number of anilines is 1. The van der Waals surface area contributed by atoms with E-state index in [1.165, 1.54) is 6.33 Å². The molecule has 1 aliphatic rings. The van der Waals surface area contributed by atoms with Gasteiger partial charge in [-0.1, -0.05) is 6.92 Å². The number of hydrogen-bond acceptors (Lipinski definition) is 5. The highest BCUT2D eigenvalue weighted by atomic mass is 19.1. The Morgan fingerprint density at radius 3 is 2.89 bits per heavy atom. The summed E-state index contributed by atoms with van der Waals surface area (Å²) < 4.78 is 19.1. The van der Waals surface area contributed by atoms with Gasteiger partial charge in [0.05, 0.1) is 18.9 Å². The van der Waals surface area contributed by atoms with E-state index in [9.17, 15) is 4.39 Å². The molecule has 106 valence electrons. The summed E-state index contributed by atoms with van der Waals surface area (Å²) in [4.78, 5) is 10.2. The van der Waals surface area contributed by atoms with Gasteiger partial charge in [0.15, 0.2) is 11.6 Å². The van der Waals surface area contributed by atoms with Crippen LogP contribution in [0.5, 0.6) is 0 Å². The molecule has 1 aromatic heterocycles. The molecule has 5 nitrogen and oxygen atoms in total. The number of aryl methyl sites for hydroxylation is 1. The molecule has 1 saturated heterocycles. The molecule has 1 aromatic rings. The quantitative estimate of drug-likeness (QED) is 0.788. The van der Waals surface area contributed by atoms with Gasteiger partial charge in [-0.05, 0) is 19.4 Å². The van der Waals surface area contributed by atoms with Crippen molar-refractivity contribution in [3.05, 3.63) is 17.8 Å². The van der Waals surface area contributed by atoms with Gasteiger partial charge in [0, 0.05) is 19.6 Å². The van der Waals surface area contributed by atoms with E-state index in [2.05, 4.69) is 20.2 Å². The molecule has 6 heteroatoms. The van der Waals surface area contributed by atoms with Crippen LogP contribution in [0.1, 0.15) is 19.0 Å². The largest absolute Gasteiger partial charge is 0.379 e. The van der Waals surface area contributed by atoms with Gasteiger partial charge in [-0.15, -0.1) is 0 Å². The molecule has 2 rings (SSSR count). The van der Waals surface area contributed by atoms with Crippen molar-refractivity contribution < 1.29 is 9.13 Å². The first kappa shape index (κ1) is 14.1. The summed E-state index contributed by atoms with van der Waals surface area (Å²) in [5.41, 5.74) is 0.464. The van der Waals surface area contributed by atoms with Crippen LogP contribution in [0.25, 0.3) is 0 Å². The van der Waals surface area contributed by atoms with E-state index >= 15 is 0 Å². The van der Waals surface area contributed by atoms with Gasteiger partial charge >= 0.3 is 0 Å². The first-order valence-electron chi connectivity index (χ1n) is 6.84. The highest BCUT2D eigenvalue weighted by molar-refractivity contribution is 5.37. The molecule has 0 aromatic carbocycles. The van der Waals surface area contributed by atoms with Crippen LogP contribution in [0.15, 0.2) is 6.33 Å². The zero-order valence-electron chi connectivity index (χ0n) is 11.4. The number of aromatic nitrogens is 2. The molecule has 1 N–H and O–H groups in total. The summed E-state index contributed by atoms with van der Waals surface area (Å²) >= 11 is 0. The Kier molecular flexibility index (Phi) is 5.47. The van der Waals surface area contributed by atoms with Crippen LogP contribution in [0.2, 0.25) is 0 Å². The maximum Gasteiger partial charge on any atom is 0.186 e. The van der Waals surface area contributed by atoms with Crippen molar-refractivity contribution in [2.45, 2.75) is 19.8 Å². The third-order valence-corrected chi connectivity index (χ3v) is 3.24. The molecule has 2 heterocycles. The van der Waals surface area contributed by atoms with E-state index in [-0.39, 0.29) is 5.82 Å². The Bertz CT molecular complexity index is 396. The molecule has 1 aliphatic heterocycles. The third kappa shape index (κ3) is 4.11. The molecule has 0 atom stereocenters. The Balaban J connectivity index is 1.73. The molecule has 0 radical (unpaired) electrons. The Morgan fingerprint density at radius 1 is 1.37 bits per heavy atom. The molecular formula is C13H21FN4O. The second-order valence-electron chi connectivity index (χ2n) is 4.57.